The number of H-pyrrole nitrogens is 1. The lowest BCUT2D eigenvalue weighted by atomic mass is 9.96. The van der Waals surface area contributed by atoms with E-state index in [4.69, 9.17) is 27.9 Å². The molecule has 0 radical (unpaired) electrons. The molecule has 2 aromatic rings. The lowest BCUT2D eigenvalue weighted by molar-refractivity contribution is -0.132. The quantitative estimate of drug-likeness (QED) is 0.559. The SMILES string of the molecule is COCCCCC(=O)N1CCC(CN2Cc3cc(Cl)c4c(Cl)c[nH]c4c3NS2(=O)=O)CC1. The lowest BCUT2D eigenvalue weighted by Crippen LogP contribution is -2.45. The molecule has 1 amide bonds. The Hall–Kier alpha value is -1.52. The van der Waals surface area contributed by atoms with Crippen molar-refractivity contribution in [1.82, 2.24) is 14.2 Å². The maximum Gasteiger partial charge on any atom is 0.302 e. The molecule has 1 saturated heterocycles. The van der Waals surface area contributed by atoms with Crippen molar-refractivity contribution < 1.29 is 17.9 Å². The first kappa shape index (κ1) is 23.6. The maximum atomic E-state index is 13.0. The second-order valence-corrected chi connectivity index (χ2v) is 10.9. The van der Waals surface area contributed by atoms with Crippen LogP contribution in [0.2, 0.25) is 10.0 Å². The monoisotopic (exact) mass is 502 g/mol. The Balaban J connectivity index is 1.38. The van der Waals surface area contributed by atoms with Crippen molar-refractivity contribution in [2.75, 3.05) is 38.1 Å². The third kappa shape index (κ3) is 4.87. The first-order valence-electron chi connectivity index (χ1n) is 10.8. The Morgan fingerprint density at radius 3 is 2.69 bits per heavy atom. The third-order valence-corrected chi connectivity index (χ3v) is 8.30. The number of unbranched alkanes of at least 4 members (excludes halogenated alkanes) is 1. The molecular weight excluding hydrogens is 475 g/mol. The molecule has 0 bridgehead atoms. The number of ether oxygens (including phenoxy) is 1. The Morgan fingerprint density at radius 2 is 1.97 bits per heavy atom. The molecule has 0 spiro atoms. The summed E-state index contributed by atoms with van der Waals surface area (Å²) in [5.41, 5.74) is 1.90. The smallest absolute Gasteiger partial charge is 0.302 e. The van der Waals surface area contributed by atoms with E-state index in [2.05, 4.69) is 9.71 Å². The summed E-state index contributed by atoms with van der Waals surface area (Å²) in [7, 11) is -2.03. The van der Waals surface area contributed by atoms with E-state index >= 15 is 0 Å². The summed E-state index contributed by atoms with van der Waals surface area (Å²) in [5, 5.41) is 1.56. The van der Waals surface area contributed by atoms with Crippen LogP contribution in [0, 0.1) is 5.92 Å². The number of rotatable bonds is 7. The van der Waals surface area contributed by atoms with Gasteiger partial charge in [-0.05, 0) is 43.2 Å². The van der Waals surface area contributed by atoms with Crippen LogP contribution in [0.3, 0.4) is 0 Å². The average molecular weight is 503 g/mol. The molecule has 0 atom stereocenters. The highest BCUT2D eigenvalue weighted by molar-refractivity contribution is 7.90. The fourth-order valence-corrected chi connectivity index (χ4v) is 6.46. The van der Waals surface area contributed by atoms with E-state index in [9.17, 15) is 13.2 Å². The standard InChI is InChI=1S/C21H28Cl2N4O4S/c1-31-9-3-2-4-18(28)26-7-5-14(6-8-26)12-27-13-15-10-16(22)19-17(23)11-24-21(19)20(15)25-32(27,29)30/h10-11,14,24-25H,2-9,12-13H2,1H3. The molecule has 1 aromatic carbocycles. The number of carbonyl (C=O) groups is 1. The number of hydrogen-bond acceptors (Lipinski definition) is 4. The molecule has 3 heterocycles. The van der Waals surface area contributed by atoms with Gasteiger partial charge >= 0.3 is 10.2 Å². The van der Waals surface area contributed by atoms with Gasteiger partial charge in [-0.3, -0.25) is 9.52 Å². The molecule has 2 aliphatic heterocycles. The van der Waals surface area contributed by atoms with Crippen molar-refractivity contribution >= 4 is 55.9 Å². The van der Waals surface area contributed by atoms with Gasteiger partial charge in [-0.25, -0.2) is 0 Å². The van der Waals surface area contributed by atoms with E-state index in [-0.39, 0.29) is 18.4 Å². The van der Waals surface area contributed by atoms with Crippen molar-refractivity contribution in [1.29, 1.82) is 0 Å². The number of amides is 1. The number of aromatic amines is 1. The van der Waals surface area contributed by atoms with Crippen molar-refractivity contribution in [2.24, 2.45) is 5.92 Å². The zero-order valence-corrected chi connectivity index (χ0v) is 20.3. The largest absolute Gasteiger partial charge is 0.385 e. The molecule has 2 N–H and O–H groups in total. The van der Waals surface area contributed by atoms with Crippen LogP contribution in [0.4, 0.5) is 5.69 Å². The van der Waals surface area contributed by atoms with Crippen LogP contribution in [-0.4, -0.2) is 61.9 Å². The zero-order valence-electron chi connectivity index (χ0n) is 18.0. The third-order valence-electron chi connectivity index (χ3n) is 6.28. The zero-order chi connectivity index (χ0) is 22.9. The van der Waals surface area contributed by atoms with Crippen LogP contribution in [0.25, 0.3) is 10.9 Å². The minimum absolute atomic E-state index is 0.170. The topological polar surface area (TPSA) is 94.7 Å². The van der Waals surface area contributed by atoms with E-state index in [0.717, 1.165) is 31.2 Å². The van der Waals surface area contributed by atoms with Crippen LogP contribution in [0.1, 0.15) is 37.7 Å². The number of aromatic nitrogens is 1. The summed E-state index contributed by atoms with van der Waals surface area (Å²) in [6.07, 6.45) is 5.42. The van der Waals surface area contributed by atoms with Crippen molar-refractivity contribution in [3.63, 3.8) is 0 Å². The van der Waals surface area contributed by atoms with E-state index in [0.29, 0.717) is 59.3 Å². The summed E-state index contributed by atoms with van der Waals surface area (Å²) in [6.45, 7) is 2.66. The van der Waals surface area contributed by atoms with E-state index in [1.54, 1.807) is 19.4 Å². The average Bonchev–Trinajstić information content (AvgIpc) is 3.15. The summed E-state index contributed by atoms with van der Waals surface area (Å²) < 4.78 is 35.1. The number of benzene rings is 1. The minimum atomic E-state index is -3.69. The van der Waals surface area contributed by atoms with Crippen molar-refractivity contribution in [3.8, 4) is 0 Å². The van der Waals surface area contributed by atoms with E-state index < -0.39 is 10.2 Å². The van der Waals surface area contributed by atoms with Gasteiger partial charge in [0, 0.05) is 57.9 Å². The Bertz CT molecular complexity index is 1100. The molecule has 4 rings (SSSR count). The molecule has 1 fully saturated rings. The Labute approximate surface area is 198 Å². The van der Waals surface area contributed by atoms with Crippen LogP contribution in [-0.2, 0) is 26.3 Å². The Morgan fingerprint density at radius 1 is 1.22 bits per heavy atom. The number of likely N-dealkylation sites (tertiary alicyclic amines) is 1. The molecule has 0 saturated carbocycles. The summed E-state index contributed by atoms with van der Waals surface area (Å²) in [6, 6.07) is 1.78. The van der Waals surface area contributed by atoms with Gasteiger partial charge in [-0.1, -0.05) is 23.2 Å². The van der Waals surface area contributed by atoms with E-state index in [1.807, 2.05) is 4.90 Å². The molecular formula is C21H28Cl2N4O4S. The molecule has 1 aromatic heterocycles. The number of anilines is 1. The van der Waals surface area contributed by atoms with Crippen molar-refractivity contribution in [3.05, 3.63) is 27.9 Å². The molecule has 0 aliphatic carbocycles. The van der Waals surface area contributed by atoms with Gasteiger partial charge in [0.25, 0.3) is 0 Å². The minimum Gasteiger partial charge on any atom is -0.385 e. The first-order valence-corrected chi connectivity index (χ1v) is 13.0. The molecule has 176 valence electrons. The van der Waals surface area contributed by atoms with Gasteiger partial charge in [-0.2, -0.15) is 12.7 Å². The second kappa shape index (κ2) is 9.77. The molecule has 8 nitrogen and oxygen atoms in total. The van der Waals surface area contributed by atoms with Gasteiger partial charge in [0.15, 0.2) is 0 Å². The van der Waals surface area contributed by atoms with Gasteiger partial charge in [0.1, 0.15) is 0 Å². The number of piperidine rings is 1. The predicted molar refractivity (Wildman–Crippen MR) is 126 cm³/mol. The van der Waals surface area contributed by atoms with Gasteiger partial charge in [0.05, 0.1) is 21.2 Å². The van der Waals surface area contributed by atoms with Gasteiger partial charge in [0.2, 0.25) is 5.91 Å². The first-order chi connectivity index (χ1) is 15.3. The van der Waals surface area contributed by atoms with Crippen LogP contribution in [0.5, 0.6) is 0 Å². The summed E-state index contributed by atoms with van der Waals surface area (Å²) in [4.78, 5) is 17.3. The molecule has 0 unspecified atom stereocenters. The van der Waals surface area contributed by atoms with E-state index in [1.165, 1.54) is 4.31 Å². The predicted octanol–water partition coefficient (Wildman–Crippen LogP) is 4.00. The van der Waals surface area contributed by atoms with Crippen molar-refractivity contribution in [2.45, 2.75) is 38.6 Å². The highest BCUT2D eigenvalue weighted by atomic mass is 35.5. The molecule has 32 heavy (non-hydrogen) atoms. The highest BCUT2D eigenvalue weighted by Crippen LogP contribution is 2.40. The summed E-state index contributed by atoms with van der Waals surface area (Å²) >= 11 is 12.6. The number of fused-ring (bicyclic) bond motifs is 3. The maximum absolute atomic E-state index is 13.0. The molecule has 11 heteroatoms. The van der Waals surface area contributed by atoms with Crippen LogP contribution in [0.15, 0.2) is 12.3 Å². The second-order valence-electron chi connectivity index (χ2n) is 8.45. The number of methoxy groups -OCH3 is 1. The van der Waals surface area contributed by atoms with Crippen LogP contribution < -0.4 is 4.72 Å². The Kier molecular flexibility index (Phi) is 7.21. The number of hydrogen-bond donors (Lipinski definition) is 2. The fraction of sp³-hybridized carbons (Fsp3) is 0.571. The van der Waals surface area contributed by atoms with Gasteiger partial charge < -0.3 is 14.6 Å². The number of halogens is 2. The normalized spacial score (nSPS) is 19.2. The molecule has 2 aliphatic rings. The van der Waals surface area contributed by atoms with Crippen LogP contribution >= 0.6 is 23.2 Å². The lowest BCUT2D eigenvalue weighted by Gasteiger charge is -2.36. The number of carbonyl (C=O) groups excluding carboxylic acids is 1. The fourth-order valence-electron chi connectivity index (χ4n) is 4.49. The van der Waals surface area contributed by atoms with Gasteiger partial charge in [-0.15, -0.1) is 0 Å². The number of nitrogens with zero attached hydrogens (tertiary/aromatic N) is 2. The summed E-state index contributed by atoms with van der Waals surface area (Å²) in [5.74, 6) is 0.369. The highest BCUT2D eigenvalue weighted by Gasteiger charge is 2.34. The number of nitrogens with one attached hydrogen (secondary N) is 2.